The standard InChI is InChI=1S/C13H26N2O3.C2H6/c1-5-9-18-10-8-14-11(16)6-7-12(17)15-13(2,3)4;1-2/h5-10H2,1-4H3,(H,14,16)(H,15,17);1-2H3. The molecule has 0 radical (unpaired) electrons. The number of hydrogen-bond donors (Lipinski definition) is 2. The molecule has 0 spiro atoms. The third-order valence-electron chi connectivity index (χ3n) is 2.01. The van der Waals surface area contributed by atoms with E-state index in [0.717, 1.165) is 6.42 Å². The second-order valence-electron chi connectivity index (χ2n) is 5.26. The Labute approximate surface area is 123 Å². The fourth-order valence-electron chi connectivity index (χ4n) is 1.31. The summed E-state index contributed by atoms with van der Waals surface area (Å²) in [6, 6.07) is 0. The Kier molecular flexibility index (Phi) is 13.7. The van der Waals surface area contributed by atoms with Gasteiger partial charge in [-0.3, -0.25) is 9.59 Å². The van der Waals surface area contributed by atoms with E-state index in [1.165, 1.54) is 0 Å². The molecule has 5 nitrogen and oxygen atoms in total. The van der Waals surface area contributed by atoms with Gasteiger partial charge in [-0.25, -0.2) is 0 Å². The van der Waals surface area contributed by atoms with Gasteiger partial charge in [0.25, 0.3) is 0 Å². The summed E-state index contributed by atoms with van der Waals surface area (Å²) < 4.78 is 5.23. The van der Waals surface area contributed by atoms with Gasteiger partial charge in [-0.05, 0) is 27.2 Å². The van der Waals surface area contributed by atoms with Crippen LogP contribution in [0.5, 0.6) is 0 Å². The Bertz CT molecular complexity index is 260. The molecule has 0 unspecified atom stereocenters. The molecule has 0 aromatic rings. The van der Waals surface area contributed by atoms with Crippen LogP contribution in [0.15, 0.2) is 0 Å². The maximum atomic E-state index is 11.5. The van der Waals surface area contributed by atoms with Gasteiger partial charge in [0.15, 0.2) is 0 Å². The highest BCUT2D eigenvalue weighted by atomic mass is 16.5. The molecule has 5 heteroatoms. The van der Waals surface area contributed by atoms with E-state index in [9.17, 15) is 9.59 Å². The highest BCUT2D eigenvalue weighted by molar-refractivity contribution is 5.83. The molecule has 0 bridgehead atoms. The molecule has 0 heterocycles. The second kappa shape index (κ2) is 12.9. The van der Waals surface area contributed by atoms with E-state index in [-0.39, 0.29) is 30.2 Å². The van der Waals surface area contributed by atoms with Crippen LogP contribution in [0.2, 0.25) is 0 Å². The van der Waals surface area contributed by atoms with Crippen molar-refractivity contribution in [3.63, 3.8) is 0 Å². The van der Waals surface area contributed by atoms with Crippen LogP contribution in [0.1, 0.15) is 60.8 Å². The lowest BCUT2D eigenvalue weighted by atomic mass is 10.1. The molecule has 0 atom stereocenters. The van der Waals surface area contributed by atoms with E-state index in [1.807, 2.05) is 41.5 Å². The summed E-state index contributed by atoms with van der Waals surface area (Å²) in [6.45, 7) is 13.5. The highest BCUT2D eigenvalue weighted by Crippen LogP contribution is 2.00. The van der Waals surface area contributed by atoms with Gasteiger partial charge < -0.3 is 15.4 Å². The topological polar surface area (TPSA) is 67.4 Å². The summed E-state index contributed by atoms with van der Waals surface area (Å²) in [7, 11) is 0. The van der Waals surface area contributed by atoms with Crippen molar-refractivity contribution in [1.29, 1.82) is 0 Å². The predicted molar refractivity (Wildman–Crippen MR) is 82.6 cm³/mol. The molecule has 0 aromatic carbocycles. The van der Waals surface area contributed by atoms with Crippen molar-refractivity contribution in [3.05, 3.63) is 0 Å². The number of carbonyl (C=O) groups is 2. The summed E-state index contributed by atoms with van der Waals surface area (Å²) in [6.07, 6.45) is 1.41. The van der Waals surface area contributed by atoms with E-state index in [0.29, 0.717) is 19.8 Å². The highest BCUT2D eigenvalue weighted by Gasteiger charge is 2.14. The summed E-state index contributed by atoms with van der Waals surface area (Å²) in [5.41, 5.74) is -0.248. The van der Waals surface area contributed by atoms with Crippen LogP contribution >= 0.6 is 0 Å². The number of nitrogens with one attached hydrogen (secondary N) is 2. The number of hydrogen-bond acceptors (Lipinski definition) is 3. The van der Waals surface area contributed by atoms with E-state index in [1.54, 1.807) is 0 Å². The summed E-state index contributed by atoms with van der Waals surface area (Å²) in [4.78, 5) is 22.9. The molecule has 0 saturated carbocycles. The number of carbonyl (C=O) groups excluding carboxylic acids is 2. The Morgan fingerprint density at radius 3 is 2.05 bits per heavy atom. The van der Waals surface area contributed by atoms with Crippen molar-refractivity contribution in [2.24, 2.45) is 0 Å². The fourth-order valence-corrected chi connectivity index (χ4v) is 1.31. The smallest absolute Gasteiger partial charge is 0.220 e. The summed E-state index contributed by atoms with van der Waals surface area (Å²) in [5, 5.41) is 5.53. The number of ether oxygens (including phenoxy) is 1. The second-order valence-corrected chi connectivity index (χ2v) is 5.26. The van der Waals surface area contributed by atoms with E-state index in [2.05, 4.69) is 10.6 Å². The summed E-state index contributed by atoms with van der Waals surface area (Å²) >= 11 is 0. The molecule has 20 heavy (non-hydrogen) atoms. The third-order valence-corrected chi connectivity index (χ3v) is 2.01. The van der Waals surface area contributed by atoms with Crippen molar-refractivity contribution in [3.8, 4) is 0 Å². The molecule has 0 aliphatic rings. The van der Waals surface area contributed by atoms with Crippen LogP contribution in [0.4, 0.5) is 0 Å². The Morgan fingerprint density at radius 2 is 1.55 bits per heavy atom. The normalized spacial score (nSPS) is 10.3. The van der Waals surface area contributed by atoms with Crippen molar-refractivity contribution in [2.75, 3.05) is 19.8 Å². The minimum atomic E-state index is -0.248. The monoisotopic (exact) mass is 288 g/mol. The van der Waals surface area contributed by atoms with Gasteiger partial charge in [0, 0.05) is 31.5 Å². The molecule has 120 valence electrons. The first-order chi connectivity index (χ1) is 9.35. The van der Waals surface area contributed by atoms with Crippen molar-refractivity contribution in [1.82, 2.24) is 10.6 Å². The zero-order valence-electron chi connectivity index (χ0n) is 14.0. The van der Waals surface area contributed by atoms with Crippen LogP contribution < -0.4 is 10.6 Å². The zero-order chi connectivity index (χ0) is 16.0. The lowest BCUT2D eigenvalue weighted by Gasteiger charge is -2.20. The average Bonchev–Trinajstić information content (AvgIpc) is 2.36. The van der Waals surface area contributed by atoms with Gasteiger partial charge in [0.05, 0.1) is 6.61 Å². The number of rotatable bonds is 8. The number of amides is 2. The minimum absolute atomic E-state index is 0.0973. The molecule has 0 fully saturated rings. The lowest BCUT2D eigenvalue weighted by molar-refractivity contribution is -0.127. The van der Waals surface area contributed by atoms with Crippen LogP contribution in [0.25, 0.3) is 0 Å². The van der Waals surface area contributed by atoms with Crippen LogP contribution in [-0.2, 0) is 14.3 Å². The van der Waals surface area contributed by atoms with E-state index in [4.69, 9.17) is 4.74 Å². The first kappa shape index (κ1) is 21.2. The molecular formula is C15H32N2O3. The SMILES string of the molecule is CC.CCCOCCNC(=O)CCC(=O)NC(C)(C)C. The molecule has 2 N–H and O–H groups in total. The van der Waals surface area contributed by atoms with Gasteiger partial charge >= 0.3 is 0 Å². The fraction of sp³-hybridized carbons (Fsp3) is 0.867. The Hall–Kier alpha value is -1.10. The first-order valence-corrected chi connectivity index (χ1v) is 7.50. The Morgan fingerprint density at radius 1 is 1.00 bits per heavy atom. The molecule has 0 aliphatic carbocycles. The summed E-state index contributed by atoms with van der Waals surface area (Å²) in [5.74, 6) is -0.209. The van der Waals surface area contributed by atoms with Crippen molar-refractivity contribution >= 4 is 11.8 Å². The van der Waals surface area contributed by atoms with Gasteiger partial charge in [0.2, 0.25) is 11.8 Å². The zero-order valence-corrected chi connectivity index (χ0v) is 14.0. The molecule has 0 aliphatic heterocycles. The molecule has 0 saturated heterocycles. The van der Waals surface area contributed by atoms with Gasteiger partial charge in [-0.1, -0.05) is 20.8 Å². The predicted octanol–water partition coefficient (Wildman–Crippen LogP) is 2.25. The van der Waals surface area contributed by atoms with Crippen molar-refractivity contribution in [2.45, 2.75) is 66.3 Å². The molecular weight excluding hydrogens is 256 g/mol. The average molecular weight is 288 g/mol. The van der Waals surface area contributed by atoms with Crippen LogP contribution in [0.3, 0.4) is 0 Å². The minimum Gasteiger partial charge on any atom is -0.380 e. The van der Waals surface area contributed by atoms with Gasteiger partial charge in [0.1, 0.15) is 0 Å². The lowest BCUT2D eigenvalue weighted by Crippen LogP contribution is -2.41. The Balaban J connectivity index is 0. The van der Waals surface area contributed by atoms with Gasteiger partial charge in [-0.2, -0.15) is 0 Å². The van der Waals surface area contributed by atoms with Gasteiger partial charge in [-0.15, -0.1) is 0 Å². The van der Waals surface area contributed by atoms with E-state index >= 15 is 0 Å². The molecule has 0 rings (SSSR count). The third kappa shape index (κ3) is 16.9. The first-order valence-electron chi connectivity index (χ1n) is 7.50. The van der Waals surface area contributed by atoms with Crippen molar-refractivity contribution < 1.29 is 14.3 Å². The maximum absolute atomic E-state index is 11.5. The largest absolute Gasteiger partial charge is 0.380 e. The van der Waals surface area contributed by atoms with Crippen LogP contribution in [0, 0.1) is 0 Å². The quantitative estimate of drug-likeness (QED) is 0.673. The molecule has 0 aromatic heterocycles. The maximum Gasteiger partial charge on any atom is 0.220 e. The van der Waals surface area contributed by atoms with Crippen LogP contribution in [-0.4, -0.2) is 37.1 Å². The molecule has 2 amide bonds. The van der Waals surface area contributed by atoms with E-state index < -0.39 is 0 Å².